The first kappa shape index (κ1) is 21.3. The molecule has 0 bridgehead atoms. The Morgan fingerprint density at radius 3 is 2.28 bits per heavy atom. The van der Waals surface area contributed by atoms with Crippen molar-refractivity contribution in [3.63, 3.8) is 0 Å². The summed E-state index contributed by atoms with van der Waals surface area (Å²) in [6.45, 7) is 1.56. The maximum atomic E-state index is 14.5. The number of ether oxygens (including phenoxy) is 1. The topological polar surface area (TPSA) is 49.9 Å². The number of halogens is 1. The maximum Gasteiger partial charge on any atom is 0.255 e. The number of amides is 2. The molecule has 2 amide bonds. The second-order valence-corrected chi connectivity index (χ2v) is 7.54. The average molecular weight is 430 g/mol. The van der Waals surface area contributed by atoms with Crippen LogP contribution in [0.5, 0.6) is 5.75 Å². The van der Waals surface area contributed by atoms with Crippen molar-refractivity contribution in [2.45, 2.75) is 13.0 Å². The molecule has 0 N–H and O–H groups in total. The molecule has 1 atom stereocenters. The number of carbonyl (C=O) groups excluding carboxylic acids is 2. The molecule has 5 nitrogen and oxygen atoms in total. The predicted molar refractivity (Wildman–Crippen MR) is 123 cm³/mol. The maximum absolute atomic E-state index is 14.5. The van der Waals surface area contributed by atoms with E-state index in [0.29, 0.717) is 17.0 Å². The van der Waals surface area contributed by atoms with Gasteiger partial charge in [0.25, 0.3) is 5.91 Å². The fraction of sp³-hybridized carbons (Fsp3) is 0.154. The molecule has 1 aliphatic rings. The first-order valence-corrected chi connectivity index (χ1v) is 10.2. The minimum Gasteiger partial charge on any atom is -0.497 e. The summed E-state index contributed by atoms with van der Waals surface area (Å²) in [6, 6.07) is 21.6. The number of hydrogen-bond donors (Lipinski definition) is 0. The molecule has 1 saturated heterocycles. The predicted octanol–water partition coefficient (Wildman–Crippen LogP) is 4.69. The fourth-order valence-corrected chi connectivity index (χ4v) is 3.89. The van der Waals surface area contributed by atoms with Crippen LogP contribution in [0.4, 0.5) is 15.8 Å². The Labute approximate surface area is 186 Å². The molecule has 0 radical (unpaired) electrons. The van der Waals surface area contributed by atoms with E-state index in [1.165, 1.54) is 21.9 Å². The van der Waals surface area contributed by atoms with Gasteiger partial charge in [0, 0.05) is 5.69 Å². The van der Waals surface area contributed by atoms with E-state index in [4.69, 9.17) is 4.74 Å². The van der Waals surface area contributed by atoms with Crippen molar-refractivity contribution in [1.29, 1.82) is 0 Å². The lowest BCUT2D eigenvalue weighted by Crippen LogP contribution is -2.61. The molecular formula is C26H23FN2O3. The molecule has 0 spiro atoms. The minimum absolute atomic E-state index is 0.0951. The smallest absolute Gasteiger partial charge is 0.255 e. The van der Waals surface area contributed by atoms with Gasteiger partial charge in [-0.15, -0.1) is 0 Å². The van der Waals surface area contributed by atoms with Gasteiger partial charge in [-0.1, -0.05) is 48.5 Å². The average Bonchev–Trinajstić information content (AvgIpc) is 2.81. The monoisotopic (exact) mass is 430 g/mol. The standard InChI is InChI=1S/C26H23FN2O3/c1-18(16-19-8-4-3-5-9-19)25-26(31)28(23-11-7-6-10-22(23)27)17-24(30)29(25)20-12-14-21(32-2)15-13-20/h3-16,25H,17H2,1-2H3/b18-16+. The van der Waals surface area contributed by atoms with Crippen LogP contribution in [0.25, 0.3) is 6.08 Å². The Balaban J connectivity index is 1.80. The number of rotatable bonds is 5. The van der Waals surface area contributed by atoms with Crippen molar-refractivity contribution in [3.8, 4) is 5.75 Å². The third-order valence-corrected chi connectivity index (χ3v) is 5.44. The lowest BCUT2D eigenvalue weighted by molar-refractivity contribution is -0.127. The molecule has 0 aromatic heterocycles. The third-order valence-electron chi connectivity index (χ3n) is 5.44. The first-order valence-electron chi connectivity index (χ1n) is 10.2. The van der Waals surface area contributed by atoms with Crippen molar-refractivity contribution in [2.24, 2.45) is 0 Å². The van der Waals surface area contributed by atoms with Crippen LogP contribution in [0.1, 0.15) is 12.5 Å². The fourth-order valence-electron chi connectivity index (χ4n) is 3.89. The normalized spacial score (nSPS) is 17.0. The van der Waals surface area contributed by atoms with E-state index >= 15 is 0 Å². The number of nitrogens with zero attached hydrogens (tertiary/aromatic N) is 2. The SMILES string of the molecule is COc1ccc(N2C(=O)CN(c3ccccc3F)C(=O)C2/C(C)=C/c2ccccc2)cc1. The lowest BCUT2D eigenvalue weighted by atomic mass is 9.98. The molecule has 1 fully saturated rings. The number of methoxy groups -OCH3 is 1. The Kier molecular flexibility index (Phi) is 6.03. The number of para-hydroxylation sites is 1. The highest BCUT2D eigenvalue weighted by atomic mass is 19.1. The molecule has 0 aliphatic carbocycles. The van der Waals surface area contributed by atoms with E-state index < -0.39 is 11.9 Å². The second kappa shape index (κ2) is 9.06. The zero-order chi connectivity index (χ0) is 22.7. The minimum atomic E-state index is -0.913. The number of benzene rings is 3. The molecule has 162 valence electrons. The molecule has 6 heteroatoms. The largest absolute Gasteiger partial charge is 0.497 e. The van der Waals surface area contributed by atoms with Crippen LogP contribution in [-0.2, 0) is 9.59 Å². The van der Waals surface area contributed by atoms with Crippen LogP contribution in [0, 0.1) is 5.82 Å². The summed E-state index contributed by atoms with van der Waals surface area (Å²) in [4.78, 5) is 29.7. The van der Waals surface area contributed by atoms with Gasteiger partial charge in [0.1, 0.15) is 24.2 Å². The first-order chi connectivity index (χ1) is 15.5. The van der Waals surface area contributed by atoms with Crippen molar-refractivity contribution in [3.05, 3.63) is 95.8 Å². The van der Waals surface area contributed by atoms with Crippen LogP contribution in [0.2, 0.25) is 0 Å². The zero-order valence-corrected chi connectivity index (χ0v) is 17.9. The molecule has 1 heterocycles. The lowest BCUT2D eigenvalue weighted by Gasteiger charge is -2.40. The van der Waals surface area contributed by atoms with Gasteiger partial charge in [-0.2, -0.15) is 0 Å². The van der Waals surface area contributed by atoms with Crippen LogP contribution in [-0.4, -0.2) is 31.5 Å². The van der Waals surface area contributed by atoms with E-state index in [0.717, 1.165) is 5.56 Å². The summed E-state index contributed by atoms with van der Waals surface area (Å²) in [5.74, 6) is -0.570. The van der Waals surface area contributed by atoms with Crippen LogP contribution >= 0.6 is 0 Å². The Hall–Kier alpha value is -3.93. The van der Waals surface area contributed by atoms with Crippen molar-refractivity contribution < 1.29 is 18.7 Å². The van der Waals surface area contributed by atoms with E-state index in [2.05, 4.69) is 0 Å². The van der Waals surface area contributed by atoms with Gasteiger partial charge in [-0.05, 0) is 54.5 Å². The van der Waals surface area contributed by atoms with Crippen molar-refractivity contribution in [1.82, 2.24) is 0 Å². The van der Waals surface area contributed by atoms with E-state index in [1.54, 1.807) is 43.5 Å². The van der Waals surface area contributed by atoms with Crippen LogP contribution in [0.15, 0.2) is 84.4 Å². The van der Waals surface area contributed by atoms with Gasteiger partial charge in [0.05, 0.1) is 12.8 Å². The number of carbonyl (C=O) groups is 2. The van der Waals surface area contributed by atoms with Gasteiger partial charge in [0.15, 0.2) is 0 Å². The summed E-state index contributed by atoms with van der Waals surface area (Å²) in [5.41, 5.74) is 2.25. The van der Waals surface area contributed by atoms with E-state index in [-0.39, 0.29) is 24.0 Å². The summed E-state index contributed by atoms with van der Waals surface area (Å²) in [7, 11) is 1.56. The summed E-state index contributed by atoms with van der Waals surface area (Å²) in [6.07, 6.45) is 1.87. The number of anilines is 2. The second-order valence-electron chi connectivity index (χ2n) is 7.54. The summed E-state index contributed by atoms with van der Waals surface area (Å²) < 4.78 is 19.7. The van der Waals surface area contributed by atoms with E-state index in [9.17, 15) is 14.0 Å². The van der Waals surface area contributed by atoms with Gasteiger partial charge < -0.3 is 4.74 Å². The molecule has 3 aromatic rings. The van der Waals surface area contributed by atoms with Gasteiger partial charge in [-0.25, -0.2) is 4.39 Å². The third kappa shape index (κ3) is 4.12. The van der Waals surface area contributed by atoms with Crippen molar-refractivity contribution >= 4 is 29.3 Å². The zero-order valence-electron chi connectivity index (χ0n) is 17.9. The summed E-state index contributed by atoms with van der Waals surface area (Å²) in [5, 5.41) is 0. The molecule has 1 unspecified atom stereocenters. The van der Waals surface area contributed by atoms with Gasteiger partial charge in [0.2, 0.25) is 5.91 Å². The quantitative estimate of drug-likeness (QED) is 0.590. The molecule has 0 saturated carbocycles. The highest BCUT2D eigenvalue weighted by molar-refractivity contribution is 6.16. The molecular weight excluding hydrogens is 407 g/mol. The van der Waals surface area contributed by atoms with Crippen molar-refractivity contribution in [2.75, 3.05) is 23.5 Å². The Bertz CT molecular complexity index is 1160. The molecule has 3 aromatic carbocycles. The van der Waals surface area contributed by atoms with Gasteiger partial charge in [-0.3, -0.25) is 19.4 Å². The summed E-state index contributed by atoms with van der Waals surface area (Å²) >= 11 is 0. The highest BCUT2D eigenvalue weighted by Gasteiger charge is 2.42. The molecule has 32 heavy (non-hydrogen) atoms. The molecule has 1 aliphatic heterocycles. The van der Waals surface area contributed by atoms with Crippen LogP contribution in [0.3, 0.4) is 0 Å². The van der Waals surface area contributed by atoms with Crippen LogP contribution < -0.4 is 14.5 Å². The Morgan fingerprint density at radius 2 is 1.62 bits per heavy atom. The number of piperazine rings is 1. The van der Waals surface area contributed by atoms with Gasteiger partial charge >= 0.3 is 0 Å². The Morgan fingerprint density at radius 1 is 0.969 bits per heavy atom. The number of hydrogen-bond acceptors (Lipinski definition) is 3. The highest BCUT2D eigenvalue weighted by Crippen LogP contribution is 2.31. The molecule has 4 rings (SSSR count). The van der Waals surface area contributed by atoms with E-state index in [1.807, 2.05) is 43.3 Å².